The van der Waals surface area contributed by atoms with E-state index in [1.54, 1.807) is 18.7 Å². The first-order chi connectivity index (χ1) is 14.7. The summed E-state index contributed by atoms with van der Waals surface area (Å²) in [5.41, 5.74) is 5.66. The average molecular weight is 439 g/mol. The number of nitrogens with one attached hydrogen (secondary N) is 1. The molecule has 1 N–H and O–H groups in total. The number of carbonyl (C=O) groups excluding carboxylic acids is 2. The van der Waals surface area contributed by atoms with Gasteiger partial charge in [-0.15, -0.1) is 0 Å². The lowest BCUT2D eigenvalue weighted by Crippen LogP contribution is -2.35. The minimum Gasteiger partial charge on any atom is -0.332 e. The van der Waals surface area contributed by atoms with E-state index >= 15 is 0 Å². The summed E-state index contributed by atoms with van der Waals surface area (Å²) < 4.78 is 1.77. The van der Waals surface area contributed by atoms with Crippen molar-refractivity contribution in [3.05, 3.63) is 81.1 Å². The predicted molar refractivity (Wildman–Crippen MR) is 124 cm³/mol. The quantitative estimate of drug-likeness (QED) is 0.614. The van der Waals surface area contributed by atoms with Crippen LogP contribution in [-0.2, 0) is 11.3 Å². The largest absolute Gasteiger partial charge is 0.332 e. The van der Waals surface area contributed by atoms with Crippen molar-refractivity contribution in [2.45, 2.75) is 34.2 Å². The van der Waals surface area contributed by atoms with Crippen LogP contribution >= 0.6 is 11.6 Å². The van der Waals surface area contributed by atoms with Gasteiger partial charge in [-0.1, -0.05) is 41.9 Å². The van der Waals surface area contributed by atoms with E-state index in [0.29, 0.717) is 22.8 Å². The molecule has 3 rings (SSSR count). The number of carbonyl (C=O) groups is 2. The lowest BCUT2D eigenvalue weighted by molar-refractivity contribution is -0.116. The Bertz CT molecular complexity index is 1140. The van der Waals surface area contributed by atoms with E-state index in [1.807, 2.05) is 63.2 Å². The first-order valence-electron chi connectivity index (χ1n) is 10.1. The highest BCUT2D eigenvalue weighted by Crippen LogP contribution is 2.21. The number of likely N-dealkylation sites (N-methyl/N-ethyl adjacent to an activating group) is 1. The minimum absolute atomic E-state index is 0.0548. The summed E-state index contributed by atoms with van der Waals surface area (Å²) in [7, 11) is 1.62. The molecule has 6 nitrogen and oxygen atoms in total. The molecule has 0 aliphatic heterocycles. The lowest BCUT2D eigenvalue weighted by atomic mass is 10.1. The Labute approximate surface area is 187 Å². The van der Waals surface area contributed by atoms with Crippen LogP contribution in [0.4, 0.5) is 5.69 Å². The molecule has 1 heterocycles. The highest BCUT2D eigenvalue weighted by Gasteiger charge is 2.23. The molecule has 3 aromatic rings. The van der Waals surface area contributed by atoms with Gasteiger partial charge < -0.3 is 10.2 Å². The molecule has 1 aromatic heterocycles. The second-order valence-electron chi connectivity index (χ2n) is 7.75. The summed E-state index contributed by atoms with van der Waals surface area (Å²) >= 11 is 6.27. The molecule has 7 heteroatoms. The number of aromatic nitrogens is 2. The fourth-order valence-corrected chi connectivity index (χ4v) is 3.70. The number of aryl methyl sites for hydroxylation is 2. The third kappa shape index (κ3) is 4.97. The van der Waals surface area contributed by atoms with E-state index in [-0.39, 0.29) is 18.4 Å². The van der Waals surface area contributed by atoms with Crippen molar-refractivity contribution in [2.24, 2.45) is 0 Å². The van der Waals surface area contributed by atoms with Crippen molar-refractivity contribution < 1.29 is 9.59 Å². The van der Waals surface area contributed by atoms with Crippen LogP contribution in [0.3, 0.4) is 0 Å². The highest BCUT2D eigenvalue weighted by atomic mass is 35.5. The van der Waals surface area contributed by atoms with Gasteiger partial charge in [0.2, 0.25) is 5.91 Å². The number of halogens is 1. The minimum atomic E-state index is -0.247. The molecule has 0 saturated carbocycles. The predicted octanol–water partition coefficient (Wildman–Crippen LogP) is 4.53. The maximum Gasteiger partial charge on any atom is 0.257 e. The SMILES string of the molecule is Cc1cccc(NC(=O)CN(C)C(=O)c2c(C)nn(Cc3ccccc3Cl)c2C)c1C. The molecule has 0 saturated heterocycles. The Morgan fingerprint density at radius 2 is 1.77 bits per heavy atom. The van der Waals surface area contributed by atoms with Crippen LogP contribution in [0.2, 0.25) is 5.02 Å². The van der Waals surface area contributed by atoms with Gasteiger partial charge in [0.1, 0.15) is 0 Å². The van der Waals surface area contributed by atoms with Gasteiger partial charge in [-0.3, -0.25) is 14.3 Å². The first kappa shape index (κ1) is 22.6. The molecule has 2 amide bonds. The van der Waals surface area contributed by atoms with E-state index in [4.69, 9.17) is 11.6 Å². The summed E-state index contributed by atoms with van der Waals surface area (Å²) in [6.07, 6.45) is 0. The molecule has 0 aliphatic carbocycles. The zero-order valence-corrected chi connectivity index (χ0v) is 19.2. The summed E-state index contributed by atoms with van der Waals surface area (Å²) in [4.78, 5) is 27.0. The fourth-order valence-electron chi connectivity index (χ4n) is 3.50. The second-order valence-corrected chi connectivity index (χ2v) is 8.16. The molecule has 31 heavy (non-hydrogen) atoms. The summed E-state index contributed by atoms with van der Waals surface area (Å²) in [6.45, 7) is 8.02. The maximum absolute atomic E-state index is 13.1. The first-order valence-corrected chi connectivity index (χ1v) is 10.5. The maximum atomic E-state index is 13.1. The van der Waals surface area contributed by atoms with E-state index in [2.05, 4.69) is 10.4 Å². The third-order valence-corrected chi connectivity index (χ3v) is 5.85. The van der Waals surface area contributed by atoms with Crippen LogP contribution in [0.15, 0.2) is 42.5 Å². The molecule has 0 spiro atoms. The standard InChI is InChI=1S/C24H27ClN4O2/c1-15-9-8-12-21(16(15)2)26-22(30)14-28(5)24(31)23-17(3)27-29(18(23)4)13-19-10-6-7-11-20(19)25/h6-12H,13-14H2,1-5H3,(H,26,30). The van der Waals surface area contributed by atoms with Crippen molar-refractivity contribution in [2.75, 3.05) is 18.9 Å². The number of amides is 2. The number of hydrogen-bond acceptors (Lipinski definition) is 3. The molecule has 0 radical (unpaired) electrons. The molecule has 2 aromatic carbocycles. The van der Waals surface area contributed by atoms with Crippen molar-refractivity contribution in [3.8, 4) is 0 Å². The molecular weight excluding hydrogens is 412 g/mol. The van der Waals surface area contributed by atoms with Crippen molar-refractivity contribution in [1.29, 1.82) is 0 Å². The van der Waals surface area contributed by atoms with Gasteiger partial charge in [0.15, 0.2) is 0 Å². The van der Waals surface area contributed by atoms with Crippen molar-refractivity contribution >= 4 is 29.1 Å². The zero-order valence-electron chi connectivity index (χ0n) is 18.5. The van der Waals surface area contributed by atoms with Crippen LogP contribution < -0.4 is 5.32 Å². The van der Waals surface area contributed by atoms with Gasteiger partial charge in [-0.2, -0.15) is 5.10 Å². The van der Waals surface area contributed by atoms with Crippen LogP contribution in [0.1, 0.15) is 38.4 Å². The van der Waals surface area contributed by atoms with Crippen LogP contribution in [0, 0.1) is 27.7 Å². The van der Waals surface area contributed by atoms with Gasteiger partial charge in [0.05, 0.1) is 24.3 Å². The van der Waals surface area contributed by atoms with Gasteiger partial charge in [0.25, 0.3) is 5.91 Å². The Morgan fingerprint density at radius 3 is 2.48 bits per heavy atom. The third-order valence-electron chi connectivity index (χ3n) is 5.48. The van der Waals surface area contributed by atoms with Gasteiger partial charge >= 0.3 is 0 Å². The van der Waals surface area contributed by atoms with Crippen molar-refractivity contribution in [3.63, 3.8) is 0 Å². The number of hydrogen-bond donors (Lipinski definition) is 1. The van der Waals surface area contributed by atoms with Gasteiger partial charge in [-0.05, 0) is 56.5 Å². The number of anilines is 1. The Kier molecular flexibility index (Phi) is 6.81. The van der Waals surface area contributed by atoms with E-state index in [1.165, 1.54) is 4.90 Å². The Morgan fingerprint density at radius 1 is 1.06 bits per heavy atom. The van der Waals surface area contributed by atoms with Crippen molar-refractivity contribution in [1.82, 2.24) is 14.7 Å². The fraction of sp³-hybridized carbons (Fsp3) is 0.292. The molecule has 162 valence electrons. The summed E-state index contributed by atoms with van der Waals surface area (Å²) in [6, 6.07) is 13.3. The Hall–Kier alpha value is -3.12. The Balaban J connectivity index is 1.73. The molecule has 0 aliphatic rings. The van der Waals surface area contributed by atoms with Gasteiger partial charge in [-0.25, -0.2) is 0 Å². The zero-order chi connectivity index (χ0) is 22.7. The topological polar surface area (TPSA) is 67.2 Å². The summed E-state index contributed by atoms with van der Waals surface area (Å²) in [5, 5.41) is 8.08. The van der Waals surface area contributed by atoms with Gasteiger partial charge in [0, 0.05) is 23.5 Å². The summed E-state index contributed by atoms with van der Waals surface area (Å²) in [5.74, 6) is -0.486. The van der Waals surface area contributed by atoms with Crippen LogP contribution in [0.25, 0.3) is 0 Å². The number of benzene rings is 2. The monoisotopic (exact) mass is 438 g/mol. The van der Waals surface area contributed by atoms with Crippen LogP contribution in [0.5, 0.6) is 0 Å². The normalized spacial score (nSPS) is 10.8. The molecule has 0 bridgehead atoms. The molecular formula is C24H27ClN4O2. The van der Waals surface area contributed by atoms with E-state index in [0.717, 1.165) is 28.1 Å². The van der Waals surface area contributed by atoms with E-state index in [9.17, 15) is 9.59 Å². The smallest absolute Gasteiger partial charge is 0.257 e. The second kappa shape index (κ2) is 9.35. The number of rotatable bonds is 6. The van der Waals surface area contributed by atoms with E-state index < -0.39 is 0 Å². The molecule has 0 fully saturated rings. The molecule has 0 atom stereocenters. The highest BCUT2D eigenvalue weighted by molar-refractivity contribution is 6.31. The van der Waals surface area contributed by atoms with Crippen LogP contribution in [-0.4, -0.2) is 40.1 Å². The average Bonchev–Trinajstić information content (AvgIpc) is 2.99. The molecule has 0 unspecified atom stereocenters. The number of nitrogens with zero attached hydrogens (tertiary/aromatic N) is 3. The lowest BCUT2D eigenvalue weighted by Gasteiger charge is -2.18.